The highest BCUT2D eigenvalue weighted by molar-refractivity contribution is 5.76. The van der Waals surface area contributed by atoms with Crippen LogP contribution in [0.25, 0.3) is 0 Å². The Morgan fingerprint density at radius 3 is 2.33 bits per heavy atom. The van der Waals surface area contributed by atoms with Gasteiger partial charge in [-0.25, -0.2) is 0 Å². The summed E-state index contributed by atoms with van der Waals surface area (Å²) in [6.45, 7) is 4.27. The summed E-state index contributed by atoms with van der Waals surface area (Å²) >= 11 is 0. The molecule has 0 saturated heterocycles. The monoisotopic (exact) mass is 211 g/mol. The molecule has 0 fully saturated rings. The van der Waals surface area contributed by atoms with Crippen molar-refractivity contribution in [3.63, 3.8) is 0 Å². The van der Waals surface area contributed by atoms with Gasteiger partial charge in [0.05, 0.1) is 0 Å². The van der Waals surface area contributed by atoms with E-state index in [1.165, 1.54) is 6.42 Å². The fourth-order valence-electron chi connectivity index (χ4n) is 1.66. The van der Waals surface area contributed by atoms with E-state index in [1.54, 1.807) is 0 Å². The Hall–Kier alpha value is -0.790. The van der Waals surface area contributed by atoms with Gasteiger partial charge in [-0.15, -0.1) is 0 Å². The first-order valence-corrected chi connectivity index (χ1v) is 6.16. The van der Waals surface area contributed by atoms with Crippen LogP contribution in [0.5, 0.6) is 0 Å². The lowest BCUT2D eigenvalue weighted by atomic mass is 9.96. The molecule has 0 heterocycles. The highest BCUT2D eigenvalue weighted by Gasteiger charge is 2.12. The molecule has 0 saturated carbocycles. The van der Waals surface area contributed by atoms with Crippen LogP contribution in [0.1, 0.15) is 58.8 Å². The molecule has 0 aromatic carbocycles. The number of hydrogen-bond donors (Lipinski definition) is 1. The molecule has 0 rings (SSSR count). The van der Waals surface area contributed by atoms with Crippen LogP contribution in [0.2, 0.25) is 0 Å². The minimum absolute atomic E-state index is 0.0922. The maximum atomic E-state index is 11.1. The molecule has 0 aliphatic rings. The van der Waals surface area contributed by atoms with Gasteiger partial charge in [0.15, 0.2) is 0 Å². The van der Waals surface area contributed by atoms with Gasteiger partial charge in [0.2, 0.25) is 5.91 Å². The molecule has 0 spiro atoms. The molecular formula is C13H25NO. The molecule has 2 N–H and O–H groups in total. The number of unbranched alkanes of at least 4 members (excludes halogenated alkanes) is 2. The maximum absolute atomic E-state index is 11.1. The molecule has 0 bridgehead atoms. The summed E-state index contributed by atoms with van der Waals surface area (Å²) in [5.41, 5.74) is 5.33. The normalized spacial score (nSPS) is 13.2. The number of hydrogen-bond acceptors (Lipinski definition) is 1. The van der Waals surface area contributed by atoms with Gasteiger partial charge >= 0.3 is 0 Å². The van der Waals surface area contributed by atoms with Crippen molar-refractivity contribution >= 4 is 5.91 Å². The van der Waals surface area contributed by atoms with Crippen LogP contribution in [-0.2, 0) is 4.79 Å². The minimum Gasteiger partial charge on any atom is -0.369 e. The molecule has 0 aliphatic carbocycles. The summed E-state index contributed by atoms with van der Waals surface area (Å²) in [6, 6.07) is 0. The largest absolute Gasteiger partial charge is 0.369 e. The third kappa shape index (κ3) is 8.22. The van der Waals surface area contributed by atoms with Crippen molar-refractivity contribution in [3.8, 4) is 0 Å². The SMILES string of the molecule is CCC/C=C/CCCC(CCC)C(N)=O. The summed E-state index contributed by atoms with van der Waals surface area (Å²) in [5, 5.41) is 0. The summed E-state index contributed by atoms with van der Waals surface area (Å²) in [5.74, 6) is -0.0380. The van der Waals surface area contributed by atoms with Crippen LogP contribution >= 0.6 is 0 Å². The number of primary amides is 1. The van der Waals surface area contributed by atoms with Crippen molar-refractivity contribution in [2.75, 3.05) is 0 Å². The molecular weight excluding hydrogens is 186 g/mol. The predicted octanol–water partition coefficient (Wildman–Crippen LogP) is 3.41. The van der Waals surface area contributed by atoms with Crippen LogP contribution in [-0.4, -0.2) is 5.91 Å². The van der Waals surface area contributed by atoms with Gasteiger partial charge in [-0.05, 0) is 32.1 Å². The fourth-order valence-corrected chi connectivity index (χ4v) is 1.66. The zero-order chi connectivity index (χ0) is 11.5. The first-order valence-electron chi connectivity index (χ1n) is 6.16. The zero-order valence-corrected chi connectivity index (χ0v) is 10.2. The zero-order valence-electron chi connectivity index (χ0n) is 10.2. The molecule has 1 amide bonds. The van der Waals surface area contributed by atoms with E-state index < -0.39 is 0 Å². The maximum Gasteiger partial charge on any atom is 0.220 e. The highest BCUT2D eigenvalue weighted by atomic mass is 16.1. The molecule has 0 radical (unpaired) electrons. The molecule has 1 unspecified atom stereocenters. The van der Waals surface area contributed by atoms with Crippen molar-refractivity contribution in [2.45, 2.75) is 58.8 Å². The first kappa shape index (κ1) is 14.2. The van der Waals surface area contributed by atoms with E-state index in [-0.39, 0.29) is 11.8 Å². The fraction of sp³-hybridized carbons (Fsp3) is 0.769. The summed E-state index contributed by atoms with van der Waals surface area (Å²) < 4.78 is 0. The Morgan fingerprint density at radius 2 is 1.80 bits per heavy atom. The van der Waals surface area contributed by atoms with E-state index in [9.17, 15) is 4.79 Å². The van der Waals surface area contributed by atoms with Gasteiger partial charge in [0.25, 0.3) is 0 Å². The Morgan fingerprint density at radius 1 is 1.13 bits per heavy atom. The van der Waals surface area contributed by atoms with Crippen LogP contribution in [0, 0.1) is 5.92 Å². The van der Waals surface area contributed by atoms with E-state index >= 15 is 0 Å². The molecule has 15 heavy (non-hydrogen) atoms. The Kier molecular flexibility index (Phi) is 9.24. The number of carbonyl (C=O) groups excluding carboxylic acids is 1. The number of nitrogens with two attached hydrogens (primary N) is 1. The number of rotatable bonds is 9. The molecule has 88 valence electrons. The summed E-state index contributed by atoms with van der Waals surface area (Å²) in [7, 11) is 0. The van der Waals surface area contributed by atoms with Gasteiger partial charge in [-0.1, -0.05) is 38.8 Å². The summed E-state index contributed by atoms with van der Waals surface area (Å²) in [4.78, 5) is 11.1. The average Bonchev–Trinajstić information content (AvgIpc) is 2.21. The Labute approximate surface area is 93.9 Å². The Balaban J connectivity index is 3.57. The Bertz CT molecular complexity index is 187. The molecule has 0 aromatic rings. The predicted molar refractivity (Wildman–Crippen MR) is 65.5 cm³/mol. The van der Waals surface area contributed by atoms with Crippen LogP contribution in [0.4, 0.5) is 0 Å². The van der Waals surface area contributed by atoms with Crippen LogP contribution in [0.15, 0.2) is 12.2 Å². The molecule has 0 aliphatic heterocycles. The van der Waals surface area contributed by atoms with Crippen molar-refractivity contribution in [1.82, 2.24) is 0 Å². The van der Waals surface area contributed by atoms with Gasteiger partial charge in [0.1, 0.15) is 0 Å². The van der Waals surface area contributed by atoms with Gasteiger partial charge in [-0.2, -0.15) is 0 Å². The number of allylic oxidation sites excluding steroid dienone is 2. The molecule has 0 aromatic heterocycles. The van der Waals surface area contributed by atoms with E-state index in [2.05, 4.69) is 26.0 Å². The van der Waals surface area contributed by atoms with E-state index in [1.807, 2.05) is 0 Å². The van der Waals surface area contributed by atoms with Gasteiger partial charge < -0.3 is 5.73 Å². The second-order valence-corrected chi connectivity index (χ2v) is 4.08. The van der Waals surface area contributed by atoms with Crippen molar-refractivity contribution in [2.24, 2.45) is 11.7 Å². The molecule has 2 heteroatoms. The van der Waals surface area contributed by atoms with Crippen LogP contribution in [0.3, 0.4) is 0 Å². The first-order chi connectivity index (χ1) is 7.22. The lowest BCUT2D eigenvalue weighted by molar-refractivity contribution is -0.122. The second-order valence-electron chi connectivity index (χ2n) is 4.08. The average molecular weight is 211 g/mol. The number of carbonyl (C=O) groups is 1. The van der Waals surface area contributed by atoms with E-state index in [0.717, 1.165) is 38.5 Å². The second kappa shape index (κ2) is 9.75. The van der Waals surface area contributed by atoms with Crippen molar-refractivity contribution in [1.29, 1.82) is 0 Å². The minimum atomic E-state index is -0.130. The number of amides is 1. The highest BCUT2D eigenvalue weighted by Crippen LogP contribution is 2.14. The van der Waals surface area contributed by atoms with Gasteiger partial charge in [0, 0.05) is 5.92 Å². The third-order valence-corrected chi connectivity index (χ3v) is 2.58. The van der Waals surface area contributed by atoms with Crippen LogP contribution < -0.4 is 5.73 Å². The van der Waals surface area contributed by atoms with Crippen molar-refractivity contribution < 1.29 is 4.79 Å². The lowest BCUT2D eigenvalue weighted by Gasteiger charge is -2.10. The van der Waals surface area contributed by atoms with E-state index in [0.29, 0.717) is 0 Å². The third-order valence-electron chi connectivity index (χ3n) is 2.58. The topological polar surface area (TPSA) is 43.1 Å². The standard InChI is InChI=1S/C13H25NO/c1-3-5-6-7-8-9-11-12(10-4-2)13(14)15/h6-7,12H,3-5,8-11H2,1-2H3,(H2,14,15)/b7-6+. The smallest absolute Gasteiger partial charge is 0.220 e. The summed E-state index contributed by atoms with van der Waals surface area (Å²) in [6.07, 6.45) is 11.9. The van der Waals surface area contributed by atoms with Crippen molar-refractivity contribution in [3.05, 3.63) is 12.2 Å². The van der Waals surface area contributed by atoms with Gasteiger partial charge in [-0.3, -0.25) is 4.79 Å². The van der Waals surface area contributed by atoms with E-state index in [4.69, 9.17) is 5.73 Å². The lowest BCUT2D eigenvalue weighted by Crippen LogP contribution is -2.22. The molecule has 2 nitrogen and oxygen atoms in total. The quantitative estimate of drug-likeness (QED) is 0.461. The molecule has 1 atom stereocenters.